The molecule has 2 atom stereocenters. The molecule has 0 aromatic heterocycles. The number of nitrogens with zero attached hydrogens (tertiary/aromatic N) is 3. The van der Waals surface area contributed by atoms with E-state index < -0.39 is 0 Å². The highest BCUT2D eigenvalue weighted by Gasteiger charge is 2.31. The summed E-state index contributed by atoms with van der Waals surface area (Å²) in [7, 11) is 0. The highest BCUT2D eigenvalue weighted by Crippen LogP contribution is 2.33. The van der Waals surface area contributed by atoms with Gasteiger partial charge in [-0.15, -0.1) is 0 Å². The number of aliphatic imine (C=N–C) groups is 3. The van der Waals surface area contributed by atoms with Crippen molar-refractivity contribution in [2.75, 3.05) is 13.1 Å². The summed E-state index contributed by atoms with van der Waals surface area (Å²) in [5.41, 5.74) is 9.76. The van der Waals surface area contributed by atoms with Gasteiger partial charge in [-0.2, -0.15) is 0 Å². The molecular formula is C21H28N6S. The van der Waals surface area contributed by atoms with Crippen molar-refractivity contribution in [2.24, 2.45) is 32.5 Å². The molecule has 0 spiro atoms. The lowest BCUT2D eigenvalue weighted by Crippen LogP contribution is -2.33. The van der Waals surface area contributed by atoms with E-state index in [1.54, 1.807) is 0 Å². The minimum Gasteiger partial charge on any atom is -0.378 e. The van der Waals surface area contributed by atoms with Crippen molar-refractivity contribution in [2.45, 2.75) is 45.1 Å². The number of thioether (sulfide) groups is 1. The topological polar surface area (TPSA) is 99.0 Å². The molecule has 28 heavy (non-hydrogen) atoms. The first-order valence-electron chi connectivity index (χ1n) is 10.2. The lowest BCUT2D eigenvalue weighted by molar-refractivity contribution is 0.600. The van der Waals surface area contributed by atoms with E-state index >= 15 is 0 Å². The summed E-state index contributed by atoms with van der Waals surface area (Å²) in [5.74, 6) is 1.24. The SMILES string of the molecule is CC1C(C2=CCNCC2)=CN=C2C=CC(N=C(N)SC(=N)C3CCCC3)=NC21. The van der Waals surface area contributed by atoms with Gasteiger partial charge in [-0.25, -0.2) is 4.99 Å². The number of hydrogen-bond donors (Lipinski definition) is 3. The van der Waals surface area contributed by atoms with Gasteiger partial charge in [0, 0.05) is 24.6 Å². The van der Waals surface area contributed by atoms with Crippen LogP contribution in [0.5, 0.6) is 0 Å². The Morgan fingerprint density at radius 3 is 2.89 bits per heavy atom. The normalized spacial score (nSPS) is 28.2. The molecule has 7 heteroatoms. The lowest BCUT2D eigenvalue weighted by atomic mass is 9.82. The molecule has 0 radical (unpaired) electrons. The van der Waals surface area contributed by atoms with Gasteiger partial charge in [0.15, 0.2) is 11.0 Å². The van der Waals surface area contributed by atoms with E-state index in [2.05, 4.69) is 28.3 Å². The van der Waals surface area contributed by atoms with Crippen LogP contribution in [0.2, 0.25) is 0 Å². The highest BCUT2D eigenvalue weighted by atomic mass is 32.2. The number of rotatable bonds is 2. The van der Waals surface area contributed by atoms with Crippen LogP contribution in [0.3, 0.4) is 0 Å². The lowest BCUT2D eigenvalue weighted by Gasteiger charge is -2.30. The van der Waals surface area contributed by atoms with Crippen LogP contribution in [0, 0.1) is 17.2 Å². The van der Waals surface area contributed by atoms with Gasteiger partial charge < -0.3 is 11.1 Å². The van der Waals surface area contributed by atoms with Crippen LogP contribution in [-0.2, 0) is 0 Å². The van der Waals surface area contributed by atoms with Crippen molar-refractivity contribution in [1.29, 1.82) is 5.41 Å². The second-order valence-corrected chi connectivity index (χ2v) is 8.84. The van der Waals surface area contributed by atoms with Gasteiger partial charge in [-0.1, -0.05) is 25.8 Å². The van der Waals surface area contributed by atoms with E-state index in [-0.39, 0.29) is 12.0 Å². The maximum atomic E-state index is 8.26. The number of nitrogens with one attached hydrogen (secondary N) is 2. The van der Waals surface area contributed by atoms with Crippen molar-refractivity contribution in [1.82, 2.24) is 5.32 Å². The van der Waals surface area contributed by atoms with E-state index in [0.29, 0.717) is 22.0 Å². The molecule has 3 aliphatic heterocycles. The fourth-order valence-electron chi connectivity index (χ4n) is 4.28. The molecule has 4 aliphatic rings. The zero-order valence-electron chi connectivity index (χ0n) is 16.3. The summed E-state index contributed by atoms with van der Waals surface area (Å²) >= 11 is 1.28. The standard InChI is InChI=1S/C21H28N6S/c1-13-16(14-8-10-24-11-9-14)12-25-17-6-7-18(26-19(13)17)27-21(23)28-20(22)15-4-2-3-5-15/h6-8,12-13,15,19,22,24H,2-5,9-11H2,1H3,(H2,23,26,27). The molecule has 0 bridgehead atoms. The van der Waals surface area contributed by atoms with Crippen LogP contribution in [-0.4, -0.2) is 40.9 Å². The van der Waals surface area contributed by atoms with Crippen molar-refractivity contribution in [3.63, 3.8) is 0 Å². The smallest absolute Gasteiger partial charge is 0.166 e. The Labute approximate surface area is 170 Å². The van der Waals surface area contributed by atoms with E-state index in [1.807, 2.05) is 18.4 Å². The first-order valence-corrected chi connectivity index (χ1v) is 11.0. The monoisotopic (exact) mass is 396 g/mol. The van der Waals surface area contributed by atoms with Gasteiger partial charge in [0.2, 0.25) is 0 Å². The van der Waals surface area contributed by atoms with Crippen molar-refractivity contribution in [3.8, 4) is 0 Å². The molecule has 148 valence electrons. The fraction of sp³-hybridized carbons (Fsp3) is 0.524. The zero-order chi connectivity index (χ0) is 19.5. The fourth-order valence-corrected chi connectivity index (χ4v) is 5.04. The third kappa shape index (κ3) is 4.20. The van der Waals surface area contributed by atoms with E-state index in [4.69, 9.17) is 16.1 Å². The second-order valence-electron chi connectivity index (χ2n) is 7.77. The summed E-state index contributed by atoms with van der Waals surface area (Å²) < 4.78 is 0. The Morgan fingerprint density at radius 1 is 1.32 bits per heavy atom. The molecule has 1 saturated carbocycles. The molecule has 1 aliphatic carbocycles. The number of nitrogens with two attached hydrogens (primary N) is 1. The maximum Gasteiger partial charge on any atom is 0.166 e. The third-order valence-corrected chi connectivity index (χ3v) is 6.75. The molecule has 4 rings (SSSR count). The van der Waals surface area contributed by atoms with Crippen LogP contribution < -0.4 is 11.1 Å². The summed E-state index contributed by atoms with van der Waals surface area (Å²) in [6, 6.07) is -0.0216. The highest BCUT2D eigenvalue weighted by molar-refractivity contribution is 8.26. The van der Waals surface area contributed by atoms with Gasteiger partial charge in [0.05, 0.1) is 10.8 Å². The number of amidine groups is 2. The van der Waals surface area contributed by atoms with Gasteiger partial charge in [0.1, 0.15) is 6.04 Å². The molecule has 0 saturated heterocycles. The van der Waals surface area contributed by atoms with Crippen molar-refractivity contribution in [3.05, 3.63) is 35.6 Å². The van der Waals surface area contributed by atoms with Gasteiger partial charge in [-0.05, 0) is 60.9 Å². The molecule has 1 fully saturated rings. The summed E-state index contributed by atoms with van der Waals surface area (Å²) in [4.78, 5) is 14.0. The molecular weight excluding hydrogens is 368 g/mol. The van der Waals surface area contributed by atoms with E-state index in [9.17, 15) is 0 Å². The molecule has 4 N–H and O–H groups in total. The molecule has 0 aromatic rings. The summed E-state index contributed by atoms with van der Waals surface area (Å²) in [6.45, 7) is 4.14. The van der Waals surface area contributed by atoms with Crippen molar-refractivity contribution < 1.29 is 0 Å². The number of fused-ring (bicyclic) bond motifs is 1. The second kappa shape index (κ2) is 8.57. The van der Waals surface area contributed by atoms with Crippen LogP contribution in [0.1, 0.15) is 39.0 Å². The largest absolute Gasteiger partial charge is 0.378 e. The average molecular weight is 397 g/mol. The zero-order valence-corrected chi connectivity index (χ0v) is 17.1. The number of hydrogen-bond acceptors (Lipinski definition) is 6. The van der Waals surface area contributed by atoms with Gasteiger partial charge in [-0.3, -0.25) is 15.4 Å². The number of dihydropyridines is 1. The predicted octanol–water partition coefficient (Wildman–Crippen LogP) is 3.43. The van der Waals surface area contributed by atoms with Gasteiger partial charge in [0.25, 0.3) is 0 Å². The Morgan fingerprint density at radius 2 is 2.14 bits per heavy atom. The summed E-state index contributed by atoms with van der Waals surface area (Å²) in [5, 5.41) is 12.7. The molecule has 0 amide bonds. The molecule has 3 heterocycles. The molecule has 2 unspecified atom stereocenters. The first kappa shape index (κ1) is 19.3. The van der Waals surface area contributed by atoms with E-state index in [0.717, 1.165) is 38.1 Å². The average Bonchev–Trinajstić information content (AvgIpc) is 3.24. The van der Waals surface area contributed by atoms with Crippen LogP contribution in [0.15, 0.2) is 50.6 Å². The Bertz CT molecular complexity index is 826. The van der Waals surface area contributed by atoms with E-state index in [1.165, 1.54) is 35.7 Å². The van der Waals surface area contributed by atoms with Gasteiger partial charge >= 0.3 is 0 Å². The minimum absolute atomic E-state index is 0.0216. The third-order valence-electron chi connectivity index (χ3n) is 5.89. The minimum atomic E-state index is -0.0216. The Hall–Kier alpha value is -1.99. The molecule has 0 aromatic carbocycles. The Balaban J connectivity index is 1.47. The van der Waals surface area contributed by atoms with Crippen LogP contribution >= 0.6 is 11.8 Å². The quantitative estimate of drug-likeness (QED) is 0.492. The summed E-state index contributed by atoms with van der Waals surface area (Å²) in [6.07, 6.45) is 13.8. The van der Waals surface area contributed by atoms with Crippen LogP contribution in [0.25, 0.3) is 0 Å². The molecule has 6 nitrogen and oxygen atoms in total. The Kier molecular flexibility index (Phi) is 5.92. The predicted molar refractivity (Wildman–Crippen MR) is 120 cm³/mol. The first-order chi connectivity index (χ1) is 13.6. The van der Waals surface area contributed by atoms with Crippen molar-refractivity contribution >= 4 is 33.5 Å². The van der Waals surface area contributed by atoms with Crippen LogP contribution in [0.4, 0.5) is 0 Å². The maximum absolute atomic E-state index is 8.26.